The van der Waals surface area contributed by atoms with Gasteiger partial charge in [0.2, 0.25) is 0 Å². The van der Waals surface area contributed by atoms with Gasteiger partial charge in [0.15, 0.2) is 5.69 Å². The average molecular weight is 398 g/mol. The first-order chi connectivity index (χ1) is 13.5. The molecule has 0 radical (unpaired) electrons. The van der Waals surface area contributed by atoms with Crippen molar-refractivity contribution in [3.05, 3.63) is 69.1 Å². The van der Waals surface area contributed by atoms with Crippen LogP contribution < -0.4 is 10.9 Å². The minimum atomic E-state index is -0.363. The van der Waals surface area contributed by atoms with Gasteiger partial charge in [-0.1, -0.05) is 62.1 Å². The molecule has 0 saturated heterocycles. The Labute approximate surface area is 169 Å². The lowest BCUT2D eigenvalue weighted by molar-refractivity contribution is 0.102. The van der Waals surface area contributed by atoms with E-state index in [4.69, 9.17) is 11.6 Å². The van der Waals surface area contributed by atoms with Crippen LogP contribution in [-0.4, -0.2) is 15.7 Å². The molecular formula is C22H24ClN3O2. The Kier molecular flexibility index (Phi) is 6.47. The Bertz CT molecular complexity index is 1060. The molecule has 0 saturated carbocycles. The number of amides is 1. The molecule has 0 aliphatic heterocycles. The summed E-state index contributed by atoms with van der Waals surface area (Å²) < 4.78 is 1.41. The molecule has 1 aromatic heterocycles. The zero-order chi connectivity index (χ0) is 20.1. The molecule has 5 nitrogen and oxygen atoms in total. The third kappa shape index (κ3) is 4.42. The van der Waals surface area contributed by atoms with Crippen LogP contribution in [0, 0.1) is 6.92 Å². The highest BCUT2D eigenvalue weighted by Crippen LogP contribution is 2.21. The molecule has 6 heteroatoms. The van der Waals surface area contributed by atoms with Crippen molar-refractivity contribution in [2.75, 3.05) is 5.32 Å². The van der Waals surface area contributed by atoms with E-state index in [1.165, 1.54) is 4.68 Å². The Morgan fingerprint density at radius 2 is 1.86 bits per heavy atom. The fourth-order valence-corrected chi connectivity index (χ4v) is 3.28. The van der Waals surface area contributed by atoms with E-state index >= 15 is 0 Å². The molecule has 3 aromatic rings. The molecule has 0 aliphatic rings. The number of benzene rings is 2. The van der Waals surface area contributed by atoms with Crippen LogP contribution in [0.25, 0.3) is 10.8 Å². The normalized spacial score (nSPS) is 11.0. The topological polar surface area (TPSA) is 64.0 Å². The zero-order valence-corrected chi connectivity index (χ0v) is 16.9. The smallest absolute Gasteiger partial charge is 0.276 e. The fraction of sp³-hybridized carbons (Fsp3) is 0.318. The summed E-state index contributed by atoms with van der Waals surface area (Å²) in [5.74, 6) is -0.363. The van der Waals surface area contributed by atoms with Crippen molar-refractivity contribution in [3.63, 3.8) is 0 Å². The second kappa shape index (κ2) is 9.02. The number of fused-ring (bicyclic) bond motifs is 1. The van der Waals surface area contributed by atoms with E-state index < -0.39 is 0 Å². The molecule has 3 rings (SSSR count). The van der Waals surface area contributed by atoms with Gasteiger partial charge in [-0.15, -0.1) is 0 Å². The number of nitrogens with zero attached hydrogens (tertiary/aromatic N) is 2. The van der Waals surface area contributed by atoms with Gasteiger partial charge in [0, 0.05) is 22.6 Å². The van der Waals surface area contributed by atoms with Gasteiger partial charge >= 0.3 is 0 Å². The van der Waals surface area contributed by atoms with Crippen molar-refractivity contribution in [2.24, 2.45) is 0 Å². The Hall–Kier alpha value is -2.66. The van der Waals surface area contributed by atoms with Crippen molar-refractivity contribution in [2.45, 2.75) is 46.1 Å². The maximum absolute atomic E-state index is 12.9. The van der Waals surface area contributed by atoms with Crippen molar-refractivity contribution in [1.82, 2.24) is 9.78 Å². The third-order valence-electron chi connectivity index (χ3n) is 4.74. The summed E-state index contributed by atoms with van der Waals surface area (Å²) in [6.45, 7) is 4.54. The second-order valence-corrected chi connectivity index (χ2v) is 7.31. The fourth-order valence-electron chi connectivity index (χ4n) is 3.10. The molecule has 1 N–H and O–H groups in total. The van der Waals surface area contributed by atoms with Crippen LogP contribution in [0.4, 0.5) is 5.69 Å². The highest BCUT2D eigenvalue weighted by atomic mass is 35.5. The first-order valence-corrected chi connectivity index (χ1v) is 9.96. The second-order valence-electron chi connectivity index (χ2n) is 6.90. The molecule has 0 atom stereocenters. The van der Waals surface area contributed by atoms with Gasteiger partial charge in [-0.3, -0.25) is 9.59 Å². The lowest BCUT2D eigenvalue weighted by Gasteiger charge is -2.12. The van der Waals surface area contributed by atoms with E-state index in [-0.39, 0.29) is 17.2 Å². The molecule has 0 fully saturated rings. The monoisotopic (exact) mass is 397 g/mol. The maximum Gasteiger partial charge on any atom is 0.276 e. The number of halogens is 1. The zero-order valence-electron chi connectivity index (χ0n) is 16.2. The number of carbonyl (C=O) groups excluding carboxylic acids is 1. The van der Waals surface area contributed by atoms with E-state index in [1.807, 2.05) is 13.0 Å². The standard InChI is InChI=1S/C22H24ClN3O2/c1-3-4-5-8-13-26-22(28)18-10-7-6-9-17(18)20(25-26)21(27)24-16-12-11-15(2)19(23)14-16/h6-7,9-12,14H,3-5,8,13H2,1-2H3,(H,24,27). The van der Waals surface area contributed by atoms with Gasteiger partial charge in [0.25, 0.3) is 11.5 Å². The summed E-state index contributed by atoms with van der Waals surface area (Å²) in [6, 6.07) is 12.4. The quantitative estimate of drug-likeness (QED) is 0.558. The summed E-state index contributed by atoms with van der Waals surface area (Å²) in [7, 11) is 0. The van der Waals surface area contributed by atoms with Crippen LogP contribution >= 0.6 is 11.6 Å². The number of nitrogens with one attached hydrogen (secondary N) is 1. The molecule has 1 amide bonds. The van der Waals surface area contributed by atoms with Crippen molar-refractivity contribution >= 4 is 34.0 Å². The van der Waals surface area contributed by atoms with Gasteiger partial charge in [-0.05, 0) is 37.1 Å². The molecule has 0 aliphatic carbocycles. The molecule has 28 heavy (non-hydrogen) atoms. The van der Waals surface area contributed by atoms with Crippen molar-refractivity contribution < 1.29 is 4.79 Å². The minimum absolute atomic E-state index is 0.165. The van der Waals surface area contributed by atoms with Crippen molar-refractivity contribution in [3.8, 4) is 0 Å². The SMILES string of the molecule is CCCCCCn1nc(C(=O)Nc2ccc(C)c(Cl)c2)c2ccccc2c1=O. The number of hydrogen-bond donors (Lipinski definition) is 1. The first kappa shape index (κ1) is 20.1. The lowest BCUT2D eigenvalue weighted by Crippen LogP contribution is -2.27. The summed E-state index contributed by atoms with van der Waals surface area (Å²) in [5.41, 5.74) is 1.60. The van der Waals surface area contributed by atoms with Gasteiger partial charge in [0.1, 0.15) is 0 Å². The van der Waals surface area contributed by atoms with Crippen LogP contribution in [0.2, 0.25) is 5.02 Å². The number of rotatable bonds is 7. The molecule has 2 aromatic carbocycles. The number of unbranched alkanes of at least 4 members (excludes halogenated alkanes) is 3. The van der Waals surface area contributed by atoms with E-state index in [1.54, 1.807) is 36.4 Å². The highest BCUT2D eigenvalue weighted by Gasteiger charge is 2.17. The predicted octanol–water partition coefficient (Wildman–Crippen LogP) is 5.19. The molecular weight excluding hydrogens is 374 g/mol. The van der Waals surface area contributed by atoms with E-state index in [2.05, 4.69) is 17.3 Å². The molecule has 1 heterocycles. The molecule has 0 spiro atoms. The highest BCUT2D eigenvalue weighted by molar-refractivity contribution is 6.31. The van der Waals surface area contributed by atoms with Crippen LogP contribution in [-0.2, 0) is 6.54 Å². The van der Waals surface area contributed by atoms with Gasteiger partial charge in [0.05, 0.1) is 5.39 Å². The Morgan fingerprint density at radius 1 is 1.11 bits per heavy atom. The van der Waals surface area contributed by atoms with E-state index in [0.717, 1.165) is 31.2 Å². The van der Waals surface area contributed by atoms with Gasteiger partial charge < -0.3 is 5.32 Å². The summed E-state index contributed by atoms with van der Waals surface area (Å²) >= 11 is 6.15. The van der Waals surface area contributed by atoms with Crippen LogP contribution in [0.1, 0.15) is 48.7 Å². The Morgan fingerprint density at radius 3 is 2.57 bits per heavy atom. The van der Waals surface area contributed by atoms with Crippen LogP contribution in [0.3, 0.4) is 0 Å². The number of carbonyl (C=O) groups is 1. The predicted molar refractivity (Wildman–Crippen MR) is 114 cm³/mol. The number of aromatic nitrogens is 2. The Balaban J connectivity index is 1.96. The number of aryl methyl sites for hydroxylation is 2. The van der Waals surface area contributed by atoms with Gasteiger partial charge in [-0.2, -0.15) is 5.10 Å². The molecule has 146 valence electrons. The number of hydrogen-bond acceptors (Lipinski definition) is 3. The lowest BCUT2D eigenvalue weighted by atomic mass is 10.1. The largest absolute Gasteiger partial charge is 0.321 e. The van der Waals surface area contributed by atoms with Crippen molar-refractivity contribution in [1.29, 1.82) is 0 Å². The maximum atomic E-state index is 12.9. The minimum Gasteiger partial charge on any atom is -0.321 e. The molecule has 0 unspecified atom stereocenters. The van der Waals surface area contributed by atoms with E-state index in [9.17, 15) is 9.59 Å². The van der Waals surface area contributed by atoms with E-state index in [0.29, 0.717) is 28.0 Å². The van der Waals surface area contributed by atoms with Gasteiger partial charge in [-0.25, -0.2) is 4.68 Å². The third-order valence-corrected chi connectivity index (χ3v) is 5.14. The average Bonchev–Trinajstić information content (AvgIpc) is 2.69. The van der Waals surface area contributed by atoms with Crippen LogP contribution in [0.5, 0.6) is 0 Å². The first-order valence-electron chi connectivity index (χ1n) is 9.58. The number of anilines is 1. The van der Waals surface area contributed by atoms with Crippen LogP contribution in [0.15, 0.2) is 47.3 Å². The summed E-state index contributed by atoms with van der Waals surface area (Å²) in [5, 5.41) is 8.86. The molecule has 0 bridgehead atoms. The summed E-state index contributed by atoms with van der Waals surface area (Å²) in [4.78, 5) is 25.7. The summed E-state index contributed by atoms with van der Waals surface area (Å²) in [6.07, 6.45) is 4.12.